The monoisotopic (exact) mass is 289 g/mol. The van der Waals surface area contributed by atoms with Gasteiger partial charge < -0.3 is 5.32 Å². The predicted octanol–water partition coefficient (Wildman–Crippen LogP) is 2.23. The van der Waals surface area contributed by atoms with Crippen LogP contribution in [0.2, 0.25) is 0 Å². The number of anilines is 1. The van der Waals surface area contributed by atoms with Crippen molar-refractivity contribution in [2.75, 3.05) is 24.5 Å². The maximum Gasteiger partial charge on any atom is 0.242 e. The lowest BCUT2D eigenvalue weighted by molar-refractivity contribution is -0.117. The molecule has 0 atom stereocenters. The summed E-state index contributed by atoms with van der Waals surface area (Å²) in [6, 6.07) is 0. The average molecular weight is 290 g/mol. The van der Waals surface area contributed by atoms with Gasteiger partial charge >= 0.3 is 0 Å². The molecule has 1 aliphatic rings. The summed E-state index contributed by atoms with van der Waals surface area (Å²) in [6.07, 6.45) is 2.62. The van der Waals surface area contributed by atoms with E-state index in [-0.39, 0.29) is 18.3 Å². The third-order valence-electron chi connectivity index (χ3n) is 2.86. The molecule has 0 spiro atoms. The highest BCUT2D eigenvalue weighted by atomic mass is 35.5. The Bertz CT molecular complexity index is 392. The van der Waals surface area contributed by atoms with Gasteiger partial charge in [-0.3, -0.25) is 9.69 Å². The summed E-state index contributed by atoms with van der Waals surface area (Å²) in [5, 5.41) is 6.01. The molecule has 0 bridgehead atoms. The summed E-state index contributed by atoms with van der Waals surface area (Å²) in [5.74, 6) is 0.919. The molecular weight excluding hydrogens is 270 g/mol. The molecule has 1 N–H and O–H groups in total. The molecule has 1 heterocycles. The number of thiazole rings is 1. The minimum Gasteiger partial charge on any atom is -0.308 e. The Labute approximate surface area is 118 Å². The lowest BCUT2D eigenvalue weighted by Gasteiger charge is -2.17. The standard InChI is InChI=1S/C12H19N3OS.ClH/c1-3-15(12-14-9(2)8-17-12)11(16)7-13-6-10-4-5-10;/h8,10,13H,3-7H2,1-2H3;1H. The van der Waals surface area contributed by atoms with Crippen LogP contribution in [0.15, 0.2) is 5.38 Å². The number of hydrogen-bond acceptors (Lipinski definition) is 4. The second-order valence-corrected chi connectivity index (χ2v) is 5.32. The van der Waals surface area contributed by atoms with Crippen molar-refractivity contribution >= 4 is 34.8 Å². The number of likely N-dealkylation sites (N-methyl/N-ethyl adjacent to an activating group) is 1. The average Bonchev–Trinajstić information content (AvgIpc) is 3.02. The lowest BCUT2D eigenvalue weighted by Crippen LogP contribution is -2.38. The van der Waals surface area contributed by atoms with Crippen molar-refractivity contribution < 1.29 is 4.79 Å². The van der Waals surface area contributed by atoms with Gasteiger partial charge in [0.1, 0.15) is 0 Å². The first-order chi connectivity index (χ1) is 8.20. The fraction of sp³-hybridized carbons (Fsp3) is 0.667. The number of aryl methyl sites for hydroxylation is 1. The first-order valence-electron chi connectivity index (χ1n) is 6.14. The van der Waals surface area contributed by atoms with E-state index in [1.54, 1.807) is 4.90 Å². The smallest absolute Gasteiger partial charge is 0.242 e. The number of halogens is 1. The molecule has 0 unspecified atom stereocenters. The van der Waals surface area contributed by atoms with E-state index in [9.17, 15) is 4.79 Å². The molecule has 102 valence electrons. The third kappa shape index (κ3) is 4.23. The fourth-order valence-electron chi connectivity index (χ4n) is 1.68. The maximum atomic E-state index is 12.0. The number of carbonyl (C=O) groups excluding carboxylic acids is 1. The second-order valence-electron chi connectivity index (χ2n) is 4.48. The van der Waals surface area contributed by atoms with Gasteiger partial charge in [0.25, 0.3) is 0 Å². The summed E-state index contributed by atoms with van der Waals surface area (Å²) in [7, 11) is 0. The number of amides is 1. The van der Waals surface area contributed by atoms with Gasteiger partial charge in [-0.1, -0.05) is 0 Å². The van der Waals surface area contributed by atoms with Crippen LogP contribution in [0.5, 0.6) is 0 Å². The fourth-order valence-corrected chi connectivity index (χ4v) is 2.57. The van der Waals surface area contributed by atoms with Crippen LogP contribution < -0.4 is 10.2 Å². The Morgan fingerprint density at radius 3 is 2.83 bits per heavy atom. The second kappa shape index (κ2) is 7.07. The van der Waals surface area contributed by atoms with Crippen molar-refractivity contribution in [2.24, 2.45) is 5.92 Å². The van der Waals surface area contributed by atoms with Gasteiger partial charge in [0, 0.05) is 11.9 Å². The molecule has 1 fully saturated rings. The van der Waals surface area contributed by atoms with E-state index in [2.05, 4.69) is 10.3 Å². The number of rotatable bonds is 6. The van der Waals surface area contributed by atoms with E-state index in [1.165, 1.54) is 24.2 Å². The number of hydrogen-bond donors (Lipinski definition) is 1. The summed E-state index contributed by atoms with van der Waals surface area (Å²) >= 11 is 1.53. The lowest BCUT2D eigenvalue weighted by atomic mass is 10.4. The minimum absolute atomic E-state index is 0. The summed E-state index contributed by atoms with van der Waals surface area (Å²) in [4.78, 5) is 18.1. The maximum absolute atomic E-state index is 12.0. The molecule has 1 aromatic heterocycles. The first-order valence-corrected chi connectivity index (χ1v) is 7.02. The summed E-state index contributed by atoms with van der Waals surface area (Å²) in [5.41, 5.74) is 0.974. The van der Waals surface area contributed by atoms with Gasteiger partial charge in [-0.05, 0) is 39.2 Å². The van der Waals surface area contributed by atoms with Crippen LogP contribution in [0.4, 0.5) is 5.13 Å². The predicted molar refractivity (Wildman–Crippen MR) is 77.7 cm³/mol. The largest absolute Gasteiger partial charge is 0.308 e. The Morgan fingerprint density at radius 1 is 1.61 bits per heavy atom. The van der Waals surface area contributed by atoms with Crippen LogP contribution in [0, 0.1) is 12.8 Å². The normalized spacial score (nSPS) is 14.1. The van der Waals surface area contributed by atoms with Crippen molar-refractivity contribution in [2.45, 2.75) is 26.7 Å². The van der Waals surface area contributed by atoms with Gasteiger partial charge in [-0.2, -0.15) is 0 Å². The van der Waals surface area contributed by atoms with Crippen molar-refractivity contribution in [3.05, 3.63) is 11.1 Å². The number of carbonyl (C=O) groups is 1. The molecule has 1 aromatic rings. The third-order valence-corrected chi connectivity index (χ3v) is 3.84. The van der Waals surface area contributed by atoms with Gasteiger partial charge in [0.05, 0.1) is 12.2 Å². The van der Waals surface area contributed by atoms with Crippen molar-refractivity contribution in [3.63, 3.8) is 0 Å². The van der Waals surface area contributed by atoms with Crippen LogP contribution in [0.3, 0.4) is 0 Å². The molecule has 1 saturated carbocycles. The first kappa shape index (κ1) is 15.4. The highest BCUT2D eigenvalue weighted by Gasteiger charge is 2.22. The number of aromatic nitrogens is 1. The van der Waals surface area contributed by atoms with E-state index in [4.69, 9.17) is 0 Å². The Morgan fingerprint density at radius 2 is 2.33 bits per heavy atom. The molecule has 0 saturated heterocycles. The number of nitrogens with zero attached hydrogens (tertiary/aromatic N) is 2. The molecular formula is C12H20ClN3OS. The van der Waals surface area contributed by atoms with E-state index in [1.807, 2.05) is 19.2 Å². The van der Waals surface area contributed by atoms with Gasteiger partial charge in [-0.15, -0.1) is 23.7 Å². The highest BCUT2D eigenvalue weighted by molar-refractivity contribution is 7.14. The molecule has 18 heavy (non-hydrogen) atoms. The summed E-state index contributed by atoms with van der Waals surface area (Å²) < 4.78 is 0. The molecule has 4 nitrogen and oxygen atoms in total. The molecule has 0 radical (unpaired) electrons. The van der Waals surface area contributed by atoms with Crippen LogP contribution >= 0.6 is 23.7 Å². The van der Waals surface area contributed by atoms with Gasteiger partial charge in [0.2, 0.25) is 5.91 Å². The highest BCUT2D eigenvalue weighted by Crippen LogP contribution is 2.27. The quantitative estimate of drug-likeness (QED) is 0.873. The van der Waals surface area contributed by atoms with E-state index >= 15 is 0 Å². The van der Waals surface area contributed by atoms with Gasteiger partial charge in [-0.25, -0.2) is 4.98 Å². The molecule has 1 amide bonds. The zero-order valence-corrected chi connectivity index (χ0v) is 12.4. The number of nitrogens with one attached hydrogen (secondary N) is 1. The molecule has 0 aromatic carbocycles. The Kier molecular flexibility index (Phi) is 6.05. The topological polar surface area (TPSA) is 45.2 Å². The van der Waals surface area contributed by atoms with Crippen LogP contribution in [0.25, 0.3) is 0 Å². The van der Waals surface area contributed by atoms with Crippen LogP contribution in [0.1, 0.15) is 25.5 Å². The van der Waals surface area contributed by atoms with Crippen LogP contribution in [-0.2, 0) is 4.79 Å². The SMILES string of the molecule is CCN(C(=O)CNCC1CC1)c1nc(C)cs1.Cl. The van der Waals surface area contributed by atoms with E-state index in [0.717, 1.165) is 23.3 Å². The van der Waals surface area contributed by atoms with Crippen molar-refractivity contribution in [1.82, 2.24) is 10.3 Å². The van der Waals surface area contributed by atoms with Gasteiger partial charge in [0.15, 0.2) is 5.13 Å². The Balaban J connectivity index is 0.00000162. The van der Waals surface area contributed by atoms with Crippen LogP contribution in [-0.4, -0.2) is 30.5 Å². The van der Waals surface area contributed by atoms with Crippen molar-refractivity contribution in [3.8, 4) is 0 Å². The minimum atomic E-state index is 0. The summed E-state index contributed by atoms with van der Waals surface area (Å²) in [6.45, 7) is 6.00. The Hall–Kier alpha value is -0.650. The zero-order valence-electron chi connectivity index (χ0n) is 10.8. The zero-order chi connectivity index (χ0) is 12.3. The molecule has 0 aliphatic heterocycles. The van der Waals surface area contributed by atoms with E-state index < -0.39 is 0 Å². The molecule has 1 aliphatic carbocycles. The van der Waals surface area contributed by atoms with Crippen molar-refractivity contribution in [1.29, 1.82) is 0 Å². The molecule has 2 rings (SSSR count). The van der Waals surface area contributed by atoms with E-state index in [0.29, 0.717) is 13.1 Å². The molecule has 6 heteroatoms.